The highest BCUT2D eigenvalue weighted by atomic mass is 19.4. The van der Waals surface area contributed by atoms with E-state index in [-0.39, 0.29) is 23.6 Å². The molecule has 0 saturated carbocycles. The second-order valence-corrected chi connectivity index (χ2v) is 4.52. The summed E-state index contributed by atoms with van der Waals surface area (Å²) in [4.78, 5) is 0. The first-order chi connectivity index (χ1) is 8.91. The van der Waals surface area contributed by atoms with Gasteiger partial charge in [0.2, 0.25) is 0 Å². The lowest BCUT2D eigenvalue weighted by Gasteiger charge is -2.21. The van der Waals surface area contributed by atoms with Gasteiger partial charge in [-0.3, -0.25) is 0 Å². The Hall–Kier alpha value is -1.43. The van der Waals surface area contributed by atoms with Crippen LogP contribution in [-0.4, -0.2) is 25.9 Å². The van der Waals surface area contributed by atoms with Crippen molar-refractivity contribution < 1.29 is 22.6 Å². The molecule has 1 aromatic carbocycles. The van der Waals surface area contributed by atoms with Crippen molar-refractivity contribution in [1.82, 2.24) is 0 Å². The molecular weight excluding hydrogens is 259 g/mol. The van der Waals surface area contributed by atoms with E-state index in [4.69, 9.17) is 9.47 Å². The van der Waals surface area contributed by atoms with Crippen LogP contribution in [0.1, 0.15) is 18.9 Å². The summed E-state index contributed by atoms with van der Waals surface area (Å²) in [5.41, 5.74) is -0.651. The summed E-state index contributed by atoms with van der Waals surface area (Å²) < 4.78 is 49.2. The molecule has 19 heavy (non-hydrogen) atoms. The lowest BCUT2D eigenvalue weighted by atomic mass is 10.1. The van der Waals surface area contributed by atoms with Gasteiger partial charge in [-0.2, -0.15) is 13.2 Å². The van der Waals surface area contributed by atoms with E-state index in [1.54, 1.807) is 0 Å². The van der Waals surface area contributed by atoms with E-state index in [9.17, 15) is 13.2 Å². The average molecular weight is 275 g/mol. The molecule has 1 N–H and O–H groups in total. The Morgan fingerprint density at radius 1 is 1.37 bits per heavy atom. The van der Waals surface area contributed by atoms with E-state index in [1.165, 1.54) is 19.2 Å². The third-order valence-corrected chi connectivity index (χ3v) is 3.25. The Kier molecular flexibility index (Phi) is 3.89. The Morgan fingerprint density at radius 2 is 2.11 bits per heavy atom. The molecule has 0 aliphatic carbocycles. The van der Waals surface area contributed by atoms with Gasteiger partial charge in [0.1, 0.15) is 5.75 Å². The van der Waals surface area contributed by atoms with Crippen LogP contribution in [0.15, 0.2) is 18.2 Å². The molecule has 1 saturated heterocycles. The molecule has 0 bridgehead atoms. The summed E-state index contributed by atoms with van der Waals surface area (Å²) >= 11 is 0. The van der Waals surface area contributed by atoms with Crippen LogP contribution < -0.4 is 10.1 Å². The summed E-state index contributed by atoms with van der Waals surface area (Å²) in [5, 5.41) is 2.92. The van der Waals surface area contributed by atoms with Gasteiger partial charge in [-0.15, -0.1) is 0 Å². The maximum absolute atomic E-state index is 13.0. The SMILES string of the molecule is COc1ccc(NC2CCOC2C)c(C(F)(F)F)c1. The predicted octanol–water partition coefficient (Wildman–Crippen LogP) is 3.30. The van der Waals surface area contributed by atoms with Gasteiger partial charge >= 0.3 is 6.18 Å². The van der Waals surface area contributed by atoms with Gasteiger partial charge in [0.15, 0.2) is 0 Å². The van der Waals surface area contributed by atoms with Crippen LogP contribution in [0.5, 0.6) is 5.75 Å². The van der Waals surface area contributed by atoms with Crippen molar-refractivity contribution >= 4 is 5.69 Å². The maximum Gasteiger partial charge on any atom is 0.418 e. The number of methoxy groups -OCH3 is 1. The second kappa shape index (κ2) is 5.28. The second-order valence-electron chi connectivity index (χ2n) is 4.52. The van der Waals surface area contributed by atoms with Crippen molar-refractivity contribution in [3.63, 3.8) is 0 Å². The smallest absolute Gasteiger partial charge is 0.418 e. The number of hydrogen-bond acceptors (Lipinski definition) is 3. The van der Waals surface area contributed by atoms with Crippen LogP contribution >= 0.6 is 0 Å². The average Bonchev–Trinajstić information content (AvgIpc) is 2.74. The number of anilines is 1. The molecule has 1 aromatic rings. The zero-order valence-electron chi connectivity index (χ0n) is 10.8. The first-order valence-electron chi connectivity index (χ1n) is 6.05. The van der Waals surface area contributed by atoms with Crippen LogP contribution in [0.3, 0.4) is 0 Å². The molecule has 0 radical (unpaired) electrons. The van der Waals surface area contributed by atoms with E-state index in [0.29, 0.717) is 13.0 Å². The first kappa shape index (κ1) is 14.0. The zero-order chi connectivity index (χ0) is 14.0. The molecule has 106 valence electrons. The summed E-state index contributed by atoms with van der Waals surface area (Å²) in [6.07, 6.45) is -3.81. The van der Waals surface area contributed by atoms with Gasteiger partial charge in [-0.1, -0.05) is 0 Å². The third-order valence-electron chi connectivity index (χ3n) is 3.25. The number of halogens is 3. The fourth-order valence-corrected chi connectivity index (χ4v) is 2.13. The standard InChI is InChI=1S/C13H16F3NO2/c1-8-11(5-6-19-8)17-12-4-3-9(18-2)7-10(12)13(14,15)16/h3-4,7-8,11,17H,5-6H2,1-2H3. The zero-order valence-corrected chi connectivity index (χ0v) is 10.8. The highest BCUT2D eigenvalue weighted by molar-refractivity contribution is 5.56. The Bertz CT molecular complexity index is 448. The van der Waals surface area contributed by atoms with Gasteiger partial charge in [0, 0.05) is 12.3 Å². The largest absolute Gasteiger partial charge is 0.497 e. The molecule has 3 nitrogen and oxygen atoms in total. The summed E-state index contributed by atoms with van der Waals surface area (Å²) in [6, 6.07) is 3.81. The normalized spacial score (nSPS) is 23.4. The van der Waals surface area contributed by atoms with Gasteiger partial charge in [-0.05, 0) is 31.5 Å². The van der Waals surface area contributed by atoms with E-state index < -0.39 is 11.7 Å². The fourth-order valence-electron chi connectivity index (χ4n) is 2.13. The van der Waals surface area contributed by atoms with Crippen LogP contribution in [0.2, 0.25) is 0 Å². The Labute approximate surface area is 109 Å². The maximum atomic E-state index is 13.0. The molecular formula is C13H16F3NO2. The van der Waals surface area contributed by atoms with Crippen LogP contribution in [0.4, 0.5) is 18.9 Å². The van der Waals surface area contributed by atoms with Crippen LogP contribution in [-0.2, 0) is 10.9 Å². The molecule has 2 rings (SSSR count). The first-order valence-corrected chi connectivity index (χ1v) is 6.05. The van der Waals surface area contributed by atoms with Gasteiger partial charge in [0.05, 0.1) is 24.8 Å². The molecule has 2 unspecified atom stereocenters. The van der Waals surface area contributed by atoms with Gasteiger partial charge in [0.25, 0.3) is 0 Å². The lowest BCUT2D eigenvalue weighted by molar-refractivity contribution is -0.137. The number of nitrogens with one attached hydrogen (secondary N) is 1. The third kappa shape index (κ3) is 3.12. The molecule has 1 aliphatic heterocycles. The van der Waals surface area contributed by atoms with Crippen LogP contribution in [0.25, 0.3) is 0 Å². The number of hydrogen-bond donors (Lipinski definition) is 1. The molecule has 1 aliphatic rings. The predicted molar refractivity (Wildman–Crippen MR) is 65.4 cm³/mol. The van der Waals surface area contributed by atoms with Crippen molar-refractivity contribution in [2.75, 3.05) is 19.0 Å². The number of ether oxygens (including phenoxy) is 2. The summed E-state index contributed by atoms with van der Waals surface area (Å²) in [6.45, 7) is 2.41. The van der Waals surface area contributed by atoms with Gasteiger partial charge in [-0.25, -0.2) is 0 Å². The van der Waals surface area contributed by atoms with E-state index >= 15 is 0 Å². The quantitative estimate of drug-likeness (QED) is 0.918. The number of rotatable bonds is 3. The molecule has 6 heteroatoms. The van der Waals surface area contributed by atoms with Crippen molar-refractivity contribution in [3.8, 4) is 5.75 Å². The Morgan fingerprint density at radius 3 is 2.63 bits per heavy atom. The number of alkyl halides is 3. The summed E-state index contributed by atoms with van der Waals surface area (Å²) in [5.74, 6) is 0.189. The molecule has 0 spiro atoms. The van der Waals surface area contributed by atoms with Crippen LogP contribution in [0, 0.1) is 0 Å². The number of benzene rings is 1. The minimum Gasteiger partial charge on any atom is -0.497 e. The molecule has 1 fully saturated rings. The van der Waals surface area contributed by atoms with E-state index in [0.717, 1.165) is 6.07 Å². The van der Waals surface area contributed by atoms with E-state index in [2.05, 4.69) is 5.32 Å². The van der Waals surface area contributed by atoms with Crippen molar-refractivity contribution in [1.29, 1.82) is 0 Å². The molecule has 1 heterocycles. The van der Waals surface area contributed by atoms with Crippen molar-refractivity contribution in [3.05, 3.63) is 23.8 Å². The fraction of sp³-hybridized carbons (Fsp3) is 0.538. The highest BCUT2D eigenvalue weighted by Crippen LogP contribution is 2.38. The lowest BCUT2D eigenvalue weighted by Crippen LogP contribution is -2.28. The minimum absolute atomic E-state index is 0.0654. The Balaban J connectivity index is 2.28. The minimum atomic E-state index is -4.42. The highest BCUT2D eigenvalue weighted by Gasteiger charge is 2.35. The summed E-state index contributed by atoms with van der Waals surface area (Å²) in [7, 11) is 1.34. The monoisotopic (exact) mass is 275 g/mol. The molecule has 2 atom stereocenters. The topological polar surface area (TPSA) is 30.5 Å². The van der Waals surface area contributed by atoms with Crippen molar-refractivity contribution in [2.45, 2.75) is 31.7 Å². The van der Waals surface area contributed by atoms with Gasteiger partial charge < -0.3 is 14.8 Å². The van der Waals surface area contributed by atoms with Crippen molar-refractivity contribution in [2.24, 2.45) is 0 Å². The molecule has 0 aromatic heterocycles. The molecule has 0 amide bonds. The van der Waals surface area contributed by atoms with E-state index in [1.807, 2.05) is 6.92 Å².